The number of fused-ring (bicyclic) bond motifs is 1. The van der Waals surface area contributed by atoms with E-state index in [1.807, 2.05) is 42.5 Å². The van der Waals surface area contributed by atoms with E-state index in [0.29, 0.717) is 22.4 Å². The molecule has 27 heavy (non-hydrogen) atoms. The summed E-state index contributed by atoms with van der Waals surface area (Å²) >= 11 is 5.01. The van der Waals surface area contributed by atoms with Gasteiger partial charge in [-0.05, 0) is 40.5 Å². The zero-order valence-electron chi connectivity index (χ0n) is 14.5. The second-order valence-electron chi connectivity index (χ2n) is 6.23. The van der Waals surface area contributed by atoms with Crippen LogP contribution in [0.2, 0.25) is 0 Å². The van der Waals surface area contributed by atoms with Crippen molar-refractivity contribution in [3.8, 4) is 5.75 Å². The highest BCUT2D eigenvalue weighted by molar-refractivity contribution is 9.10. The van der Waals surface area contributed by atoms with Gasteiger partial charge in [-0.15, -0.1) is 11.8 Å². The average Bonchev–Trinajstić information content (AvgIpc) is 2.86. The van der Waals surface area contributed by atoms with Gasteiger partial charge in [0.05, 0.1) is 15.9 Å². The van der Waals surface area contributed by atoms with Gasteiger partial charge in [-0.3, -0.25) is 4.99 Å². The monoisotopic (exact) mass is 441 g/mol. The number of aryl methyl sites for hydroxylation is 1. The Hall–Kier alpha value is -2.31. The van der Waals surface area contributed by atoms with Crippen LogP contribution in [-0.4, -0.2) is 10.8 Å². The Morgan fingerprint density at radius 2 is 1.85 bits per heavy atom. The van der Waals surface area contributed by atoms with E-state index in [4.69, 9.17) is 9.41 Å². The van der Waals surface area contributed by atoms with Gasteiger partial charge in [-0.25, -0.2) is 4.79 Å². The number of thioether (sulfide) groups is 1. The summed E-state index contributed by atoms with van der Waals surface area (Å²) in [7, 11) is 0. The number of nitrogens with zero attached hydrogens (tertiary/aromatic N) is 1. The minimum atomic E-state index is -0.580. The Morgan fingerprint density at radius 1 is 1.15 bits per heavy atom. The largest absolute Gasteiger partial charge is 0.506 e. The van der Waals surface area contributed by atoms with E-state index in [1.165, 1.54) is 0 Å². The Labute approximate surface area is 169 Å². The molecule has 2 heterocycles. The molecule has 0 saturated carbocycles. The van der Waals surface area contributed by atoms with Crippen LogP contribution < -0.4 is 5.63 Å². The highest BCUT2D eigenvalue weighted by Crippen LogP contribution is 2.46. The number of aromatic hydroxyl groups is 1. The van der Waals surface area contributed by atoms with Crippen LogP contribution in [0, 0.1) is 6.92 Å². The van der Waals surface area contributed by atoms with Crippen LogP contribution in [0.1, 0.15) is 28.6 Å². The lowest BCUT2D eigenvalue weighted by Gasteiger charge is -2.16. The molecular formula is C21H16BrNO3S. The predicted octanol–water partition coefficient (Wildman–Crippen LogP) is 5.77. The SMILES string of the molecule is Cc1oc(=O)c(C2=Nc3ccccc3S[C@H](c3ccccc3)C2)c(O)c1Br. The van der Waals surface area contributed by atoms with Crippen molar-refractivity contribution in [3.05, 3.63) is 86.4 Å². The van der Waals surface area contributed by atoms with Gasteiger partial charge >= 0.3 is 5.63 Å². The summed E-state index contributed by atoms with van der Waals surface area (Å²) in [6, 6.07) is 17.9. The first-order valence-corrected chi connectivity index (χ1v) is 10.1. The molecule has 1 N–H and O–H groups in total. The van der Waals surface area contributed by atoms with Crippen LogP contribution in [-0.2, 0) is 0 Å². The third-order valence-electron chi connectivity index (χ3n) is 4.43. The summed E-state index contributed by atoms with van der Waals surface area (Å²) in [5.41, 5.74) is 1.98. The van der Waals surface area contributed by atoms with E-state index in [0.717, 1.165) is 16.1 Å². The zero-order valence-corrected chi connectivity index (χ0v) is 16.9. The number of benzene rings is 2. The smallest absolute Gasteiger partial charge is 0.348 e. The lowest BCUT2D eigenvalue weighted by Crippen LogP contribution is -2.17. The molecule has 4 rings (SSSR count). The molecule has 1 aliphatic heterocycles. The fourth-order valence-electron chi connectivity index (χ4n) is 3.08. The summed E-state index contributed by atoms with van der Waals surface area (Å²) < 4.78 is 5.67. The Morgan fingerprint density at radius 3 is 2.63 bits per heavy atom. The maximum Gasteiger partial charge on any atom is 0.348 e. The molecule has 0 aliphatic carbocycles. The fourth-order valence-corrected chi connectivity index (χ4v) is 4.60. The summed E-state index contributed by atoms with van der Waals surface area (Å²) in [6.07, 6.45) is 0.497. The standard InChI is InChI=1S/C21H16BrNO3S/c1-12-19(22)20(24)18(21(25)26-12)15-11-17(13-7-3-2-4-8-13)27-16-10-6-5-9-14(16)23-15/h2-10,17,24H,11H2,1H3/t17-/m0/s1. The fraction of sp³-hybridized carbons (Fsp3) is 0.143. The van der Waals surface area contributed by atoms with Crippen LogP contribution >= 0.6 is 27.7 Å². The summed E-state index contributed by atoms with van der Waals surface area (Å²) in [5.74, 6) is 0.212. The van der Waals surface area contributed by atoms with E-state index >= 15 is 0 Å². The summed E-state index contributed by atoms with van der Waals surface area (Å²) in [5, 5.41) is 10.7. The van der Waals surface area contributed by atoms with E-state index in [-0.39, 0.29) is 16.6 Å². The van der Waals surface area contributed by atoms with Gasteiger partial charge in [0.25, 0.3) is 0 Å². The molecule has 0 spiro atoms. The Balaban J connectivity index is 1.91. The van der Waals surface area contributed by atoms with Gasteiger partial charge in [0.1, 0.15) is 17.1 Å². The minimum absolute atomic E-state index is 0.0625. The topological polar surface area (TPSA) is 62.8 Å². The van der Waals surface area contributed by atoms with Gasteiger partial charge < -0.3 is 9.52 Å². The van der Waals surface area contributed by atoms with E-state index in [1.54, 1.807) is 18.7 Å². The van der Waals surface area contributed by atoms with Gasteiger partial charge in [0.2, 0.25) is 0 Å². The van der Waals surface area contributed by atoms with Crippen LogP contribution in [0.4, 0.5) is 5.69 Å². The summed E-state index contributed by atoms with van der Waals surface area (Å²) in [6.45, 7) is 1.63. The molecule has 0 saturated heterocycles. The lowest BCUT2D eigenvalue weighted by molar-refractivity contribution is 0.426. The van der Waals surface area contributed by atoms with Crippen LogP contribution in [0.15, 0.2) is 78.2 Å². The maximum absolute atomic E-state index is 12.5. The molecule has 0 fully saturated rings. The quantitative estimate of drug-likeness (QED) is 0.547. The molecule has 2 aromatic carbocycles. The van der Waals surface area contributed by atoms with Gasteiger partial charge in [-0.2, -0.15) is 0 Å². The van der Waals surface area contributed by atoms with Crippen LogP contribution in [0.25, 0.3) is 0 Å². The van der Waals surface area contributed by atoms with Gasteiger partial charge in [0, 0.05) is 16.6 Å². The highest BCUT2D eigenvalue weighted by atomic mass is 79.9. The van der Waals surface area contributed by atoms with Crippen molar-refractivity contribution < 1.29 is 9.52 Å². The summed E-state index contributed by atoms with van der Waals surface area (Å²) in [4.78, 5) is 18.3. The molecule has 136 valence electrons. The van der Waals surface area contributed by atoms with Crippen molar-refractivity contribution in [1.29, 1.82) is 0 Å². The number of rotatable bonds is 2. The second-order valence-corrected chi connectivity index (χ2v) is 8.27. The maximum atomic E-state index is 12.5. The van der Waals surface area contributed by atoms with Crippen molar-refractivity contribution in [3.63, 3.8) is 0 Å². The molecule has 4 nitrogen and oxygen atoms in total. The van der Waals surface area contributed by atoms with Crippen LogP contribution in [0.3, 0.4) is 0 Å². The van der Waals surface area contributed by atoms with E-state index < -0.39 is 5.63 Å². The number of aliphatic imine (C=N–C) groups is 1. The van der Waals surface area contributed by atoms with Gasteiger partial charge in [0.15, 0.2) is 0 Å². The Kier molecular flexibility index (Phi) is 4.93. The van der Waals surface area contributed by atoms with Crippen molar-refractivity contribution in [1.82, 2.24) is 0 Å². The van der Waals surface area contributed by atoms with Crippen molar-refractivity contribution in [2.24, 2.45) is 4.99 Å². The number of hydrogen-bond acceptors (Lipinski definition) is 5. The first kappa shape index (κ1) is 18.1. The molecule has 1 aliphatic rings. The molecule has 0 unspecified atom stereocenters. The first-order valence-electron chi connectivity index (χ1n) is 8.45. The average molecular weight is 442 g/mol. The molecule has 6 heteroatoms. The molecular weight excluding hydrogens is 426 g/mol. The van der Waals surface area contributed by atoms with Crippen LogP contribution in [0.5, 0.6) is 5.75 Å². The normalized spacial score (nSPS) is 16.4. The molecule has 0 bridgehead atoms. The van der Waals surface area contributed by atoms with Crippen molar-refractivity contribution in [2.75, 3.05) is 0 Å². The third kappa shape index (κ3) is 3.47. The molecule has 3 aromatic rings. The van der Waals surface area contributed by atoms with E-state index in [9.17, 15) is 9.90 Å². The highest BCUT2D eigenvalue weighted by Gasteiger charge is 2.27. The van der Waals surface area contributed by atoms with Crippen molar-refractivity contribution in [2.45, 2.75) is 23.5 Å². The first-order chi connectivity index (χ1) is 13.0. The molecule has 1 aromatic heterocycles. The molecule has 0 amide bonds. The molecule has 1 atom stereocenters. The third-order valence-corrected chi connectivity index (χ3v) is 6.69. The lowest BCUT2D eigenvalue weighted by atomic mass is 10.0. The minimum Gasteiger partial charge on any atom is -0.506 e. The predicted molar refractivity (Wildman–Crippen MR) is 111 cm³/mol. The zero-order chi connectivity index (χ0) is 19.0. The van der Waals surface area contributed by atoms with Gasteiger partial charge in [-0.1, -0.05) is 42.5 Å². The van der Waals surface area contributed by atoms with Crippen molar-refractivity contribution >= 4 is 39.1 Å². The number of hydrogen-bond donors (Lipinski definition) is 1. The van der Waals surface area contributed by atoms with E-state index in [2.05, 4.69) is 28.1 Å². The Bertz CT molecular complexity index is 1090. The second kappa shape index (κ2) is 7.37. The number of para-hydroxylation sites is 1. The number of halogens is 1. The molecule has 0 radical (unpaired) electrons.